The molecule has 5 heteroatoms. The molecular formula is C18H25NO4. The molecule has 0 radical (unpaired) electrons. The Morgan fingerprint density at radius 3 is 2.57 bits per heavy atom. The van der Waals surface area contributed by atoms with Crippen molar-refractivity contribution in [3.8, 4) is 5.75 Å². The molecular weight excluding hydrogens is 294 g/mol. The largest absolute Gasteiger partial charge is 0.495 e. The molecule has 0 heterocycles. The van der Waals surface area contributed by atoms with E-state index in [9.17, 15) is 9.59 Å². The van der Waals surface area contributed by atoms with Gasteiger partial charge in [-0.2, -0.15) is 0 Å². The number of methoxy groups -OCH3 is 1. The minimum absolute atomic E-state index is 0.0532. The Kier molecular flexibility index (Phi) is 6.44. The van der Waals surface area contributed by atoms with Gasteiger partial charge in [0.2, 0.25) is 5.91 Å². The number of ether oxygens (including phenoxy) is 2. The third kappa shape index (κ3) is 4.47. The topological polar surface area (TPSA) is 64.6 Å². The number of hydrogen-bond donors (Lipinski definition) is 1. The summed E-state index contributed by atoms with van der Waals surface area (Å²) in [6.07, 6.45) is 5.07. The molecule has 23 heavy (non-hydrogen) atoms. The Labute approximate surface area is 137 Å². The number of anilines is 1. The summed E-state index contributed by atoms with van der Waals surface area (Å²) in [6, 6.07) is 7.19. The average Bonchev–Trinajstić information content (AvgIpc) is 2.57. The molecule has 1 aromatic carbocycles. The van der Waals surface area contributed by atoms with E-state index in [1.165, 1.54) is 6.42 Å². The lowest BCUT2D eigenvalue weighted by Crippen LogP contribution is -2.37. The summed E-state index contributed by atoms with van der Waals surface area (Å²) in [4.78, 5) is 25.0. The first-order valence-corrected chi connectivity index (χ1v) is 8.28. The Morgan fingerprint density at radius 2 is 1.91 bits per heavy atom. The highest BCUT2D eigenvalue weighted by Gasteiger charge is 2.36. The molecule has 1 amide bonds. The van der Waals surface area contributed by atoms with E-state index in [0.29, 0.717) is 11.4 Å². The zero-order valence-electron chi connectivity index (χ0n) is 13.8. The summed E-state index contributed by atoms with van der Waals surface area (Å²) in [5.41, 5.74) is 0.574. The van der Waals surface area contributed by atoms with Crippen LogP contribution in [0.5, 0.6) is 5.75 Å². The number of amides is 1. The molecule has 1 fully saturated rings. The van der Waals surface area contributed by atoms with Crippen molar-refractivity contribution in [1.82, 2.24) is 0 Å². The number of para-hydroxylation sites is 2. The summed E-state index contributed by atoms with van der Waals surface area (Å²) < 4.78 is 10.4. The summed E-state index contributed by atoms with van der Waals surface area (Å²) in [5.74, 6) is -0.851. The molecule has 1 atom stereocenters. The molecule has 126 valence electrons. The lowest BCUT2D eigenvalue weighted by molar-refractivity contribution is -0.153. The number of rotatable bonds is 6. The smallest absolute Gasteiger partial charge is 0.318 e. The number of esters is 1. The second-order valence-electron chi connectivity index (χ2n) is 5.82. The van der Waals surface area contributed by atoms with Crippen molar-refractivity contribution in [2.75, 3.05) is 19.0 Å². The van der Waals surface area contributed by atoms with Gasteiger partial charge in [-0.3, -0.25) is 9.59 Å². The van der Waals surface area contributed by atoms with Gasteiger partial charge < -0.3 is 14.8 Å². The Morgan fingerprint density at radius 1 is 1.22 bits per heavy atom. The molecule has 1 saturated carbocycles. The maximum absolute atomic E-state index is 12.7. The van der Waals surface area contributed by atoms with Gasteiger partial charge in [-0.25, -0.2) is 0 Å². The van der Waals surface area contributed by atoms with Gasteiger partial charge in [-0.15, -0.1) is 0 Å². The normalized spacial score (nSPS) is 16.4. The van der Waals surface area contributed by atoms with Crippen molar-refractivity contribution < 1.29 is 19.1 Å². The van der Waals surface area contributed by atoms with E-state index in [-0.39, 0.29) is 18.4 Å². The van der Waals surface area contributed by atoms with Gasteiger partial charge in [0.05, 0.1) is 19.4 Å². The molecule has 0 saturated heterocycles. The Bertz CT molecular complexity index is 538. The molecule has 1 aliphatic rings. The van der Waals surface area contributed by atoms with Crippen molar-refractivity contribution in [3.05, 3.63) is 24.3 Å². The van der Waals surface area contributed by atoms with Crippen molar-refractivity contribution in [2.45, 2.75) is 39.0 Å². The maximum atomic E-state index is 12.7. The van der Waals surface area contributed by atoms with Crippen molar-refractivity contribution in [1.29, 1.82) is 0 Å². The van der Waals surface area contributed by atoms with E-state index in [4.69, 9.17) is 9.47 Å². The van der Waals surface area contributed by atoms with Gasteiger partial charge in [0.15, 0.2) is 0 Å². The summed E-state index contributed by atoms with van der Waals surface area (Å²) in [6.45, 7) is 2.04. The monoisotopic (exact) mass is 319 g/mol. The van der Waals surface area contributed by atoms with E-state index >= 15 is 0 Å². The number of hydrogen-bond acceptors (Lipinski definition) is 4. The van der Waals surface area contributed by atoms with E-state index in [1.807, 2.05) is 12.1 Å². The zero-order valence-corrected chi connectivity index (χ0v) is 13.8. The van der Waals surface area contributed by atoms with Crippen LogP contribution in [-0.4, -0.2) is 25.6 Å². The SMILES string of the molecule is CCOC(=O)[C@@H](C(=O)Nc1ccccc1OC)C1CCCCC1. The first-order chi connectivity index (χ1) is 11.2. The van der Waals surface area contributed by atoms with Crippen LogP contribution in [0.3, 0.4) is 0 Å². The van der Waals surface area contributed by atoms with Crippen LogP contribution in [0.15, 0.2) is 24.3 Å². The lowest BCUT2D eigenvalue weighted by atomic mass is 9.79. The van der Waals surface area contributed by atoms with E-state index in [0.717, 1.165) is 25.7 Å². The zero-order chi connectivity index (χ0) is 16.7. The van der Waals surface area contributed by atoms with Crippen LogP contribution < -0.4 is 10.1 Å². The number of carbonyl (C=O) groups excluding carboxylic acids is 2. The molecule has 0 spiro atoms. The molecule has 5 nitrogen and oxygen atoms in total. The lowest BCUT2D eigenvalue weighted by Gasteiger charge is -2.28. The van der Waals surface area contributed by atoms with Crippen LogP contribution in [0.4, 0.5) is 5.69 Å². The van der Waals surface area contributed by atoms with Gasteiger partial charge in [0, 0.05) is 0 Å². The van der Waals surface area contributed by atoms with Crippen molar-refractivity contribution in [3.63, 3.8) is 0 Å². The van der Waals surface area contributed by atoms with Gasteiger partial charge in [-0.1, -0.05) is 31.4 Å². The van der Waals surface area contributed by atoms with Crippen LogP contribution in [0, 0.1) is 11.8 Å². The highest BCUT2D eigenvalue weighted by molar-refractivity contribution is 6.05. The third-order valence-electron chi connectivity index (χ3n) is 4.31. The first-order valence-electron chi connectivity index (χ1n) is 8.28. The van der Waals surface area contributed by atoms with Gasteiger partial charge >= 0.3 is 5.97 Å². The van der Waals surface area contributed by atoms with E-state index < -0.39 is 11.9 Å². The molecule has 0 aromatic heterocycles. The van der Waals surface area contributed by atoms with Gasteiger partial charge in [-0.05, 0) is 37.8 Å². The predicted octanol–water partition coefficient (Wildman–Crippen LogP) is 3.39. The fourth-order valence-corrected chi connectivity index (χ4v) is 3.17. The molecule has 0 unspecified atom stereocenters. The second kappa shape index (κ2) is 8.56. The van der Waals surface area contributed by atoms with Crippen LogP contribution >= 0.6 is 0 Å². The summed E-state index contributed by atoms with van der Waals surface area (Å²) >= 11 is 0. The van der Waals surface area contributed by atoms with Crippen molar-refractivity contribution >= 4 is 17.6 Å². The van der Waals surface area contributed by atoms with E-state index in [1.54, 1.807) is 26.2 Å². The summed E-state index contributed by atoms with van der Waals surface area (Å²) in [7, 11) is 1.55. The number of nitrogens with one attached hydrogen (secondary N) is 1. The van der Waals surface area contributed by atoms with Crippen LogP contribution in [0.2, 0.25) is 0 Å². The highest BCUT2D eigenvalue weighted by Crippen LogP contribution is 2.32. The minimum atomic E-state index is -0.750. The molecule has 1 N–H and O–H groups in total. The minimum Gasteiger partial charge on any atom is -0.495 e. The number of carbonyl (C=O) groups is 2. The van der Waals surface area contributed by atoms with Gasteiger partial charge in [0.25, 0.3) is 0 Å². The quantitative estimate of drug-likeness (QED) is 0.645. The maximum Gasteiger partial charge on any atom is 0.318 e. The van der Waals surface area contributed by atoms with Crippen LogP contribution in [0.1, 0.15) is 39.0 Å². The molecule has 0 bridgehead atoms. The molecule has 1 aliphatic carbocycles. The molecule has 0 aliphatic heterocycles. The van der Waals surface area contributed by atoms with Crippen LogP contribution in [-0.2, 0) is 14.3 Å². The first kappa shape index (κ1) is 17.3. The fourth-order valence-electron chi connectivity index (χ4n) is 3.17. The van der Waals surface area contributed by atoms with Crippen molar-refractivity contribution in [2.24, 2.45) is 11.8 Å². The Hall–Kier alpha value is -2.04. The third-order valence-corrected chi connectivity index (χ3v) is 4.31. The second-order valence-corrected chi connectivity index (χ2v) is 5.82. The fraction of sp³-hybridized carbons (Fsp3) is 0.556. The summed E-state index contributed by atoms with van der Waals surface area (Å²) in [5, 5.41) is 2.83. The standard InChI is InChI=1S/C18H25NO4/c1-3-23-18(21)16(13-9-5-4-6-10-13)17(20)19-14-11-7-8-12-15(14)22-2/h7-8,11-13,16H,3-6,9-10H2,1-2H3,(H,19,20)/t16-/m1/s1. The highest BCUT2D eigenvalue weighted by atomic mass is 16.5. The Balaban J connectivity index is 2.16. The average molecular weight is 319 g/mol. The predicted molar refractivity (Wildman–Crippen MR) is 88.3 cm³/mol. The number of benzene rings is 1. The van der Waals surface area contributed by atoms with Gasteiger partial charge in [0.1, 0.15) is 11.7 Å². The van der Waals surface area contributed by atoms with Crippen LogP contribution in [0.25, 0.3) is 0 Å². The molecule has 1 aromatic rings. The van der Waals surface area contributed by atoms with E-state index in [2.05, 4.69) is 5.32 Å². The molecule has 2 rings (SSSR count).